The summed E-state index contributed by atoms with van der Waals surface area (Å²) in [6.45, 7) is 6.84. The van der Waals surface area contributed by atoms with Gasteiger partial charge in [-0.15, -0.1) is 0 Å². The SMILES string of the molecule is COc1ccc([C@@H]2CCCN2C(=O)C[C@@H](C)n2nc(C)cc2C)c(OC)c1. The number of aromatic nitrogens is 2. The third-order valence-corrected chi connectivity index (χ3v) is 5.30. The molecule has 6 nitrogen and oxygen atoms in total. The summed E-state index contributed by atoms with van der Waals surface area (Å²) in [5, 5.41) is 4.53. The van der Waals surface area contributed by atoms with Crippen LogP contribution < -0.4 is 9.47 Å². The Balaban J connectivity index is 1.78. The molecule has 1 aromatic heterocycles. The van der Waals surface area contributed by atoms with E-state index >= 15 is 0 Å². The molecule has 3 rings (SSSR count). The number of methoxy groups -OCH3 is 2. The van der Waals surface area contributed by atoms with Crippen LogP contribution >= 0.6 is 0 Å². The summed E-state index contributed by atoms with van der Waals surface area (Å²) in [7, 11) is 3.30. The number of rotatable bonds is 6. The number of hydrogen-bond acceptors (Lipinski definition) is 4. The molecule has 146 valence electrons. The standard InChI is InChI=1S/C21H29N3O3/c1-14-11-15(2)24(22-14)16(3)12-21(25)23-10-6-7-19(23)18-9-8-17(26-4)13-20(18)27-5/h8-9,11,13,16,19H,6-7,10,12H2,1-5H3/t16-,19+/m1/s1. The highest BCUT2D eigenvalue weighted by atomic mass is 16.5. The molecule has 2 aromatic rings. The molecule has 1 fully saturated rings. The first-order chi connectivity index (χ1) is 12.9. The van der Waals surface area contributed by atoms with Gasteiger partial charge >= 0.3 is 0 Å². The zero-order chi connectivity index (χ0) is 19.6. The first-order valence-corrected chi connectivity index (χ1v) is 9.48. The number of amides is 1. The summed E-state index contributed by atoms with van der Waals surface area (Å²) in [5.41, 5.74) is 3.11. The van der Waals surface area contributed by atoms with E-state index in [-0.39, 0.29) is 18.0 Å². The van der Waals surface area contributed by atoms with Crippen LogP contribution in [-0.2, 0) is 4.79 Å². The molecule has 1 saturated heterocycles. The minimum Gasteiger partial charge on any atom is -0.497 e. The Kier molecular flexibility index (Phi) is 5.73. The van der Waals surface area contributed by atoms with Gasteiger partial charge in [-0.1, -0.05) is 0 Å². The van der Waals surface area contributed by atoms with Crippen molar-refractivity contribution in [2.45, 2.75) is 52.1 Å². The molecule has 0 aliphatic carbocycles. The van der Waals surface area contributed by atoms with E-state index in [0.717, 1.165) is 47.8 Å². The van der Waals surface area contributed by atoms with E-state index in [0.29, 0.717) is 6.42 Å². The van der Waals surface area contributed by atoms with Crippen LogP contribution in [0.5, 0.6) is 11.5 Å². The van der Waals surface area contributed by atoms with Crippen LogP contribution in [0.25, 0.3) is 0 Å². The van der Waals surface area contributed by atoms with Crippen molar-refractivity contribution >= 4 is 5.91 Å². The van der Waals surface area contributed by atoms with Crippen LogP contribution in [0.3, 0.4) is 0 Å². The predicted octanol–water partition coefficient (Wildman–Crippen LogP) is 3.83. The van der Waals surface area contributed by atoms with Crippen molar-refractivity contribution in [2.75, 3.05) is 20.8 Å². The summed E-state index contributed by atoms with van der Waals surface area (Å²) < 4.78 is 12.8. The zero-order valence-corrected chi connectivity index (χ0v) is 16.9. The Morgan fingerprint density at radius 1 is 1.26 bits per heavy atom. The second kappa shape index (κ2) is 8.03. The van der Waals surface area contributed by atoms with Crippen LogP contribution in [0.1, 0.15) is 55.2 Å². The first-order valence-electron chi connectivity index (χ1n) is 9.48. The number of aryl methyl sites for hydroxylation is 2. The third kappa shape index (κ3) is 3.94. The van der Waals surface area contributed by atoms with Crippen molar-refractivity contribution in [3.05, 3.63) is 41.2 Å². The molecule has 1 aromatic carbocycles. The monoisotopic (exact) mass is 371 g/mol. The quantitative estimate of drug-likeness (QED) is 0.774. The van der Waals surface area contributed by atoms with Gasteiger partial charge in [0.2, 0.25) is 5.91 Å². The second-order valence-electron chi connectivity index (χ2n) is 7.28. The van der Waals surface area contributed by atoms with Gasteiger partial charge in [-0.25, -0.2) is 0 Å². The minimum absolute atomic E-state index is 0.0326. The number of hydrogen-bond donors (Lipinski definition) is 0. The average Bonchev–Trinajstić information content (AvgIpc) is 3.27. The number of benzene rings is 1. The number of nitrogens with zero attached hydrogens (tertiary/aromatic N) is 3. The smallest absolute Gasteiger partial charge is 0.225 e. The normalized spacial score (nSPS) is 17.8. The molecule has 0 radical (unpaired) electrons. The first kappa shape index (κ1) is 19.3. The molecule has 27 heavy (non-hydrogen) atoms. The number of carbonyl (C=O) groups excluding carboxylic acids is 1. The van der Waals surface area contributed by atoms with Gasteiger partial charge in [0, 0.05) is 30.3 Å². The van der Waals surface area contributed by atoms with E-state index in [2.05, 4.69) is 12.0 Å². The van der Waals surface area contributed by atoms with E-state index < -0.39 is 0 Å². The molecule has 0 bridgehead atoms. The van der Waals surface area contributed by atoms with Gasteiger partial charge in [-0.3, -0.25) is 9.48 Å². The molecule has 6 heteroatoms. The number of carbonyl (C=O) groups is 1. The van der Waals surface area contributed by atoms with Gasteiger partial charge in [-0.2, -0.15) is 5.10 Å². The third-order valence-electron chi connectivity index (χ3n) is 5.30. The molecule has 1 aliphatic rings. The fourth-order valence-corrected chi connectivity index (χ4v) is 4.03. The van der Waals surface area contributed by atoms with Gasteiger partial charge in [-0.05, 0) is 51.8 Å². The lowest BCUT2D eigenvalue weighted by atomic mass is 10.0. The fourth-order valence-electron chi connectivity index (χ4n) is 4.03. The van der Waals surface area contributed by atoms with E-state index in [1.807, 2.05) is 47.7 Å². The molecule has 1 amide bonds. The molecule has 0 unspecified atom stereocenters. The molecule has 2 atom stereocenters. The highest BCUT2D eigenvalue weighted by molar-refractivity contribution is 5.77. The lowest BCUT2D eigenvalue weighted by molar-refractivity contribution is -0.133. The summed E-state index contributed by atoms with van der Waals surface area (Å²) in [6.07, 6.45) is 2.39. The second-order valence-corrected chi connectivity index (χ2v) is 7.28. The fraction of sp³-hybridized carbons (Fsp3) is 0.524. The van der Waals surface area contributed by atoms with Gasteiger partial charge in [0.15, 0.2) is 0 Å². The summed E-state index contributed by atoms with van der Waals surface area (Å²) >= 11 is 0. The van der Waals surface area contributed by atoms with E-state index in [9.17, 15) is 4.79 Å². The van der Waals surface area contributed by atoms with E-state index in [1.54, 1.807) is 14.2 Å². The lowest BCUT2D eigenvalue weighted by Gasteiger charge is -2.28. The van der Waals surface area contributed by atoms with Crippen LogP contribution in [0.2, 0.25) is 0 Å². The summed E-state index contributed by atoms with van der Waals surface area (Å²) in [4.78, 5) is 15.1. The number of likely N-dealkylation sites (tertiary alicyclic amines) is 1. The molecule has 2 heterocycles. The Morgan fingerprint density at radius 2 is 2.04 bits per heavy atom. The topological polar surface area (TPSA) is 56.6 Å². The lowest BCUT2D eigenvalue weighted by Crippen LogP contribution is -2.32. The predicted molar refractivity (Wildman–Crippen MR) is 104 cm³/mol. The average molecular weight is 371 g/mol. The van der Waals surface area contributed by atoms with Crippen molar-refractivity contribution in [3.63, 3.8) is 0 Å². The van der Waals surface area contributed by atoms with Crippen LogP contribution in [0, 0.1) is 13.8 Å². The minimum atomic E-state index is 0.0326. The van der Waals surface area contributed by atoms with Crippen molar-refractivity contribution in [1.82, 2.24) is 14.7 Å². The highest BCUT2D eigenvalue weighted by Crippen LogP contribution is 2.39. The zero-order valence-electron chi connectivity index (χ0n) is 16.9. The van der Waals surface area contributed by atoms with Crippen molar-refractivity contribution in [2.24, 2.45) is 0 Å². The Hall–Kier alpha value is -2.50. The van der Waals surface area contributed by atoms with E-state index in [1.165, 1.54) is 0 Å². The van der Waals surface area contributed by atoms with E-state index in [4.69, 9.17) is 9.47 Å². The molecular formula is C21H29N3O3. The number of ether oxygens (including phenoxy) is 2. The molecule has 1 aliphatic heterocycles. The molecular weight excluding hydrogens is 342 g/mol. The largest absolute Gasteiger partial charge is 0.497 e. The summed E-state index contributed by atoms with van der Waals surface area (Å²) in [5.74, 6) is 1.69. The maximum absolute atomic E-state index is 13.1. The van der Waals surface area contributed by atoms with Crippen LogP contribution in [0.15, 0.2) is 24.3 Å². The van der Waals surface area contributed by atoms with Crippen LogP contribution in [0.4, 0.5) is 0 Å². The van der Waals surface area contributed by atoms with Gasteiger partial charge < -0.3 is 14.4 Å². The van der Waals surface area contributed by atoms with Gasteiger partial charge in [0.25, 0.3) is 0 Å². The Morgan fingerprint density at radius 3 is 2.67 bits per heavy atom. The summed E-state index contributed by atoms with van der Waals surface area (Å²) in [6, 6.07) is 7.95. The Bertz CT molecular complexity index is 815. The Labute approximate surface area is 161 Å². The maximum Gasteiger partial charge on any atom is 0.225 e. The maximum atomic E-state index is 13.1. The van der Waals surface area contributed by atoms with Crippen molar-refractivity contribution < 1.29 is 14.3 Å². The van der Waals surface area contributed by atoms with Gasteiger partial charge in [0.05, 0.1) is 32.0 Å². The van der Waals surface area contributed by atoms with Crippen LogP contribution in [-0.4, -0.2) is 41.4 Å². The van der Waals surface area contributed by atoms with Crippen molar-refractivity contribution in [1.29, 1.82) is 0 Å². The van der Waals surface area contributed by atoms with Gasteiger partial charge in [0.1, 0.15) is 11.5 Å². The highest BCUT2D eigenvalue weighted by Gasteiger charge is 2.32. The molecule has 0 spiro atoms. The molecule has 0 N–H and O–H groups in total. The molecule has 0 saturated carbocycles. The van der Waals surface area contributed by atoms with Crippen molar-refractivity contribution in [3.8, 4) is 11.5 Å².